The van der Waals surface area contributed by atoms with Crippen molar-refractivity contribution in [3.05, 3.63) is 125 Å². The van der Waals surface area contributed by atoms with E-state index < -0.39 is 18.3 Å². The zero-order valence-corrected chi connectivity index (χ0v) is 21.2. The predicted molar refractivity (Wildman–Crippen MR) is 146 cm³/mol. The Balaban J connectivity index is 1.17. The molecule has 2 unspecified atom stereocenters. The first-order valence-corrected chi connectivity index (χ1v) is 12.7. The molecule has 0 radical (unpaired) electrons. The molecule has 0 bridgehead atoms. The van der Waals surface area contributed by atoms with E-state index in [-0.39, 0.29) is 25.7 Å². The van der Waals surface area contributed by atoms with Gasteiger partial charge in [0.2, 0.25) is 0 Å². The van der Waals surface area contributed by atoms with Crippen LogP contribution < -0.4 is 10.1 Å². The van der Waals surface area contributed by atoms with Crippen LogP contribution in [-0.4, -0.2) is 35.6 Å². The number of nitrogens with one attached hydrogen (secondary N) is 1. The third-order valence-corrected chi connectivity index (χ3v) is 6.87. The third kappa shape index (κ3) is 5.78. The van der Waals surface area contributed by atoms with Crippen molar-refractivity contribution in [1.29, 1.82) is 5.26 Å². The van der Waals surface area contributed by atoms with E-state index in [1.807, 2.05) is 66.7 Å². The lowest BCUT2D eigenvalue weighted by Crippen LogP contribution is -2.36. The Labute approximate surface area is 226 Å². The van der Waals surface area contributed by atoms with Crippen LogP contribution in [0, 0.1) is 11.3 Å². The summed E-state index contributed by atoms with van der Waals surface area (Å²) in [5, 5.41) is 33.2. The highest BCUT2D eigenvalue weighted by Gasteiger charge is 2.29. The van der Waals surface area contributed by atoms with Gasteiger partial charge in [0.05, 0.1) is 5.56 Å². The van der Waals surface area contributed by atoms with Crippen LogP contribution in [0.1, 0.15) is 39.8 Å². The number of fused-ring (bicyclic) bond motifs is 3. The van der Waals surface area contributed by atoms with Gasteiger partial charge in [-0.2, -0.15) is 5.26 Å². The number of aliphatic hydroxyl groups excluding tert-OH is 2. The van der Waals surface area contributed by atoms with Crippen LogP contribution >= 0.6 is 0 Å². The van der Waals surface area contributed by atoms with Crippen LogP contribution in [0.4, 0.5) is 4.79 Å². The molecule has 39 heavy (non-hydrogen) atoms. The van der Waals surface area contributed by atoms with Crippen molar-refractivity contribution in [2.24, 2.45) is 0 Å². The molecule has 5 rings (SSSR count). The first-order chi connectivity index (χ1) is 19.0. The van der Waals surface area contributed by atoms with Crippen molar-refractivity contribution in [3.8, 4) is 22.9 Å². The number of amides is 1. The summed E-state index contributed by atoms with van der Waals surface area (Å²) in [6, 6.07) is 32.3. The monoisotopic (exact) mass is 520 g/mol. The van der Waals surface area contributed by atoms with Crippen molar-refractivity contribution in [2.45, 2.75) is 24.7 Å². The molecule has 1 aliphatic rings. The fraction of sp³-hybridized carbons (Fsp3) is 0.188. The molecule has 7 heteroatoms. The molecule has 4 aromatic rings. The summed E-state index contributed by atoms with van der Waals surface area (Å²) < 4.78 is 11.3. The first kappa shape index (κ1) is 26.0. The van der Waals surface area contributed by atoms with Crippen LogP contribution in [0.25, 0.3) is 11.1 Å². The Bertz CT molecular complexity index is 1450. The van der Waals surface area contributed by atoms with Gasteiger partial charge >= 0.3 is 6.09 Å². The number of rotatable bonds is 9. The Morgan fingerprint density at radius 2 is 1.54 bits per heavy atom. The maximum absolute atomic E-state index is 12.5. The molecule has 4 aromatic carbocycles. The number of carbonyl (C=O) groups is 1. The quantitative estimate of drug-likeness (QED) is 0.284. The number of hydrogen-bond acceptors (Lipinski definition) is 6. The van der Waals surface area contributed by atoms with Gasteiger partial charge in [0.15, 0.2) is 0 Å². The number of hydrogen-bond donors (Lipinski definition) is 3. The van der Waals surface area contributed by atoms with Crippen LogP contribution in [0.2, 0.25) is 0 Å². The van der Waals surface area contributed by atoms with Gasteiger partial charge in [0.25, 0.3) is 0 Å². The summed E-state index contributed by atoms with van der Waals surface area (Å²) in [7, 11) is 0. The van der Waals surface area contributed by atoms with Gasteiger partial charge in [0, 0.05) is 12.5 Å². The lowest BCUT2D eigenvalue weighted by molar-refractivity contribution is 0.0184. The Morgan fingerprint density at radius 1 is 0.897 bits per heavy atom. The molecule has 0 heterocycles. The summed E-state index contributed by atoms with van der Waals surface area (Å²) in [6.45, 7) is 0.176. The van der Waals surface area contributed by atoms with Crippen LogP contribution in [0.15, 0.2) is 97.1 Å². The van der Waals surface area contributed by atoms with Gasteiger partial charge in [-0.3, -0.25) is 0 Å². The van der Waals surface area contributed by atoms with Crippen molar-refractivity contribution >= 4 is 6.09 Å². The number of alkyl carbamates (subject to hydrolysis) is 1. The van der Waals surface area contributed by atoms with Gasteiger partial charge in [0.1, 0.15) is 37.2 Å². The molecule has 7 nitrogen and oxygen atoms in total. The summed E-state index contributed by atoms with van der Waals surface area (Å²) >= 11 is 0. The molecule has 0 aliphatic heterocycles. The smallest absolute Gasteiger partial charge is 0.407 e. The maximum Gasteiger partial charge on any atom is 0.407 e. The first-order valence-electron chi connectivity index (χ1n) is 12.7. The van der Waals surface area contributed by atoms with E-state index in [0.29, 0.717) is 16.9 Å². The topological polar surface area (TPSA) is 112 Å². The normalized spacial score (nSPS) is 13.5. The van der Waals surface area contributed by atoms with Gasteiger partial charge in [-0.1, -0.05) is 84.9 Å². The molecule has 3 N–H and O–H groups in total. The molecule has 0 saturated carbocycles. The van der Waals surface area contributed by atoms with E-state index in [2.05, 4.69) is 23.5 Å². The van der Waals surface area contributed by atoms with Crippen molar-refractivity contribution < 1.29 is 24.5 Å². The lowest BCUT2D eigenvalue weighted by Gasteiger charge is -2.20. The zero-order chi connectivity index (χ0) is 27.2. The molecule has 0 spiro atoms. The number of carbonyl (C=O) groups excluding carboxylic acids is 1. The largest absolute Gasteiger partial charge is 0.488 e. The second kappa shape index (κ2) is 11.8. The average Bonchev–Trinajstić information content (AvgIpc) is 3.31. The second-order valence-corrected chi connectivity index (χ2v) is 9.36. The maximum atomic E-state index is 12.5. The molecule has 2 atom stereocenters. The van der Waals surface area contributed by atoms with Gasteiger partial charge in [-0.15, -0.1) is 0 Å². The molecule has 196 valence electrons. The Kier molecular flexibility index (Phi) is 7.88. The van der Waals surface area contributed by atoms with Crippen molar-refractivity contribution in [1.82, 2.24) is 5.32 Å². The van der Waals surface area contributed by atoms with Crippen molar-refractivity contribution in [2.75, 3.05) is 13.2 Å². The predicted octanol–water partition coefficient (Wildman–Crippen LogP) is 5.07. The number of benzene rings is 4. The third-order valence-electron chi connectivity index (χ3n) is 6.87. The van der Waals surface area contributed by atoms with E-state index in [0.717, 1.165) is 27.8 Å². The Hall–Kier alpha value is -4.64. The van der Waals surface area contributed by atoms with E-state index in [1.54, 1.807) is 6.07 Å². The molecular formula is C32H28N2O5. The molecule has 1 amide bonds. The molecular weight excluding hydrogens is 492 g/mol. The van der Waals surface area contributed by atoms with E-state index >= 15 is 0 Å². The second-order valence-electron chi connectivity index (χ2n) is 9.36. The van der Waals surface area contributed by atoms with Crippen LogP contribution in [-0.2, 0) is 11.3 Å². The highest BCUT2D eigenvalue weighted by atomic mass is 16.5. The summed E-state index contributed by atoms with van der Waals surface area (Å²) in [6.07, 6.45) is -3.30. The van der Waals surface area contributed by atoms with Gasteiger partial charge < -0.3 is 25.0 Å². The minimum atomic E-state index is -1.31. The van der Waals surface area contributed by atoms with Crippen LogP contribution in [0.5, 0.6) is 5.75 Å². The van der Waals surface area contributed by atoms with Gasteiger partial charge in [-0.25, -0.2) is 4.79 Å². The van der Waals surface area contributed by atoms with Crippen LogP contribution in [0.3, 0.4) is 0 Å². The van der Waals surface area contributed by atoms with E-state index in [1.165, 1.54) is 12.1 Å². The Morgan fingerprint density at radius 3 is 2.21 bits per heavy atom. The van der Waals surface area contributed by atoms with Gasteiger partial charge in [-0.05, 0) is 45.5 Å². The number of nitriles is 1. The highest BCUT2D eigenvalue weighted by molar-refractivity contribution is 5.79. The zero-order valence-electron chi connectivity index (χ0n) is 21.2. The lowest BCUT2D eigenvalue weighted by atomic mass is 9.98. The molecule has 0 saturated heterocycles. The molecule has 1 aliphatic carbocycles. The highest BCUT2D eigenvalue weighted by Crippen LogP contribution is 2.44. The number of ether oxygens (including phenoxy) is 2. The van der Waals surface area contributed by atoms with E-state index in [4.69, 9.17) is 9.47 Å². The van der Waals surface area contributed by atoms with Crippen molar-refractivity contribution in [3.63, 3.8) is 0 Å². The summed E-state index contributed by atoms with van der Waals surface area (Å²) in [5.41, 5.74) is 6.08. The molecule has 0 aromatic heterocycles. The SMILES string of the molecule is N#Cc1ccc(C(O)C(O)CNC(=O)OCC2c3ccccc3-c3ccccc32)cc1OCc1ccccc1. The summed E-state index contributed by atoms with van der Waals surface area (Å²) in [4.78, 5) is 12.5. The minimum Gasteiger partial charge on any atom is -0.488 e. The number of nitrogens with zero attached hydrogens (tertiary/aromatic N) is 1. The minimum absolute atomic E-state index is 0.0772. The fourth-order valence-electron chi connectivity index (χ4n) is 4.84. The fourth-order valence-corrected chi connectivity index (χ4v) is 4.84. The average molecular weight is 521 g/mol. The standard InChI is InChI=1S/C32H28N2O5/c33-17-23-15-14-22(16-30(23)38-19-21-8-2-1-3-9-21)31(36)29(35)18-34-32(37)39-20-28-26-12-6-4-10-24(26)25-11-5-7-13-27(25)28/h1-16,28-29,31,35-36H,18-20H2,(H,34,37). The molecule has 0 fully saturated rings. The summed E-state index contributed by atoms with van der Waals surface area (Å²) in [5.74, 6) is 0.223. The van der Waals surface area contributed by atoms with E-state index in [9.17, 15) is 20.3 Å². The number of aliphatic hydroxyl groups is 2.